The second-order valence-corrected chi connectivity index (χ2v) is 7.13. The number of hydrogen-bond donors (Lipinski definition) is 0. The van der Waals surface area contributed by atoms with E-state index in [-0.39, 0.29) is 5.91 Å². The monoisotopic (exact) mass is 365 g/mol. The highest BCUT2D eigenvalue weighted by Gasteiger charge is 2.26. The minimum Gasteiger partial charge on any atom is -0.337 e. The Morgan fingerprint density at radius 3 is 2.38 bits per heavy atom. The number of aryl methyl sites for hydroxylation is 1. The maximum atomic E-state index is 13.0. The van der Waals surface area contributed by atoms with Crippen LogP contribution in [0.15, 0.2) is 48.8 Å². The standard InChI is InChI=1S/C19H19N5OS/c1-14-16(26-17(22-14)15-6-3-2-4-7-15)18(25)23-10-12-24(13-11-23)19-20-8-5-9-21-19/h2-9H,10-13H2,1H3. The summed E-state index contributed by atoms with van der Waals surface area (Å²) in [5.41, 5.74) is 1.85. The Balaban J connectivity index is 1.47. The molecule has 1 aliphatic rings. The van der Waals surface area contributed by atoms with Gasteiger partial charge in [-0.25, -0.2) is 15.0 Å². The number of hydrogen-bond acceptors (Lipinski definition) is 6. The SMILES string of the molecule is Cc1nc(-c2ccccc2)sc1C(=O)N1CCN(c2ncccn2)CC1. The quantitative estimate of drug-likeness (QED) is 0.714. The van der Waals surface area contributed by atoms with Crippen molar-refractivity contribution in [3.8, 4) is 10.6 Å². The van der Waals surface area contributed by atoms with Crippen molar-refractivity contribution in [1.29, 1.82) is 0 Å². The van der Waals surface area contributed by atoms with E-state index in [4.69, 9.17) is 0 Å². The number of benzene rings is 1. The normalized spacial score (nSPS) is 14.5. The average Bonchev–Trinajstić information content (AvgIpc) is 3.10. The largest absolute Gasteiger partial charge is 0.337 e. The topological polar surface area (TPSA) is 62.2 Å². The molecule has 0 bridgehead atoms. The molecule has 0 spiro atoms. The van der Waals surface area contributed by atoms with Crippen LogP contribution >= 0.6 is 11.3 Å². The van der Waals surface area contributed by atoms with E-state index in [1.807, 2.05) is 42.2 Å². The molecule has 26 heavy (non-hydrogen) atoms. The van der Waals surface area contributed by atoms with Crippen LogP contribution in [-0.4, -0.2) is 51.9 Å². The Bertz CT molecular complexity index is 889. The highest BCUT2D eigenvalue weighted by atomic mass is 32.1. The molecule has 3 aromatic rings. The Labute approximate surface area is 156 Å². The third-order valence-electron chi connectivity index (χ3n) is 4.41. The molecule has 7 heteroatoms. The number of thiazole rings is 1. The maximum absolute atomic E-state index is 13.0. The van der Waals surface area contributed by atoms with E-state index in [1.54, 1.807) is 18.5 Å². The molecule has 3 heterocycles. The Morgan fingerprint density at radius 2 is 1.69 bits per heavy atom. The smallest absolute Gasteiger partial charge is 0.265 e. The fourth-order valence-corrected chi connectivity index (χ4v) is 4.05. The van der Waals surface area contributed by atoms with E-state index in [9.17, 15) is 4.79 Å². The maximum Gasteiger partial charge on any atom is 0.265 e. The van der Waals surface area contributed by atoms with E-state index >= 15 is 0 Å². The first kappa shape index (κ1) is 16.7. The van der Waals surface area contributed by atoms with Gasteiger partial charge in [0.05, 0.1) is 5.69 Å². The van der Waals surface area contributed by atoms with Gasteiger partial charge in [-0.2, -0.15) is 0 Å². The second-order valence-electron chi connectivity index (χ2n) is 6.13. The third-order valence-corrected chi connectivity index (χ3v) is 5.61. The first-order valence-electron chi connectivity index (χ1n) is 8.56. The summed E-state index contributed by atoms with van der Waals surface area (Å²) in [4.78, 5) is 30.9. The number of carbonyl (C=O) groups excluding carboxylic acids is 1. The molecule has 0 atom stereocenters. The van der Waals surface area contributed by atoms with Gasteiger partial charge >= 0.3 is 0 Å². The summed E-state index contributed by atoms with van der Waals surface area (Å²) in [7, 11) is 0. The van der Waals surface area contributed by atoms with E-state index in [0.717, 1.165) is 40.2 Å². The molecular formula is C19H19N5OS. The summed E-state index contributed by atoms with van der Waals surface area (Å²) < 4.78 is 0. The molecule has 4 rings (SSSR count). The summed E-state index contributed by atoms with van der Waals surface area (Å²) in [6.07, 6.45) is 3.48. The van der Waals surface area contributed by atoms with Gasteiger partial charge in [0.15, 0.2) is 0 Å². The van der Waals surface area contributed by atoms with Gasteiger partial charge in [0.2, 0.25) is 5.95 Å². The highest BCUT2D eigenvalue weighted by molar-refractivity contribution is 7.17. The zero-order valence-electron chi connectivity index (χ0n) is 14.5. The van der Waals surface area contributed by atoms with Crippen LogP contribution in [0.3, 0.4) is 0 Å². The molecule has 0 N–H and O–H groups in total. The third kappa shape index (κ3) is 3.30. The number of nitrogens with zero attached hydrogens (tertiary/aromatic N) is 5. The zero-order chi connectivity index (χ0) is 17.9. The predicted octanol–water partition coefficient (Wildman–Crippen LogP) is 2.87. The van der Waals surface area contributed by atoms with Crippen molar-refractivity contribution in [1.82, 2.24) is 19.9 Å². The fourth-order valence-electron chi connectivity index (χ4n) is 3.01. The molecule has 1 fully saturated rings. The van der Waals surface area contributed by atoms with Gasteiger partial charge in [0, 0.05) is 44.1 Å². The van der Waals surface area contributed by atoms with Crippen molar-refractivity contribution in [3.05, 3.63) is 59.4 Å². The van der Waals surface area contributed by atoms with Gasteiger partial charge in [0.1, 0.15) is 9.88 Å². The molecule has 0 radical (unpaired) electrons. The number of anilines is 1. The number of rotatable bonds is 3. The van der Waals surface area contributed by atoms with Gasteiger partial charge in [-0.05, 0) is 13.0 Å². The molecule has 1 aliphatic heterocycles. The minimum absolute atomic E-state index is 0.0656. The van der Waals surface area contributed by atoms with Crippen molar-refractivity contribution >= 4 is 23.2 Å². The molecule has 0 unspecified atom stereocenters. The van der Waals surface area contributed by atoms with Gasteiger partial charge in [-0.3, -0.25) is 4.79 Å². The van der Waals surface area contributed by atoms with Gasteiger partial charge < -0.3 is 9.80 Å². The van der Waals surface area contributed by atoms with Crippen LogP contribution < -0.4 is 4.90 Å². The first-order chi connectivity index (χ1) is 12.7. The van der Waals surface area contributed by atoms with Crippen molar-refractivity contribution in [2.24, 2.45) is 0 Å². The molecule has 132 valence electrons. The molecule has 1 amide bonds. The second kappa shape index (κ2) is 7.21. The number of piperazine rings is 1. The Morgan fingerprint density at radius 1 is 1.00 bits per heavy atom. The van der Waals surface area contributed by atoms with Crippen LogP contribution in [0.25, 0.3) is 10.6 Å². The van der Waals surface area contributed by atoms with Crippen molar-refractivity contribution in [3.63, 3.8) is 0 Å². The summed E-state index contributed by atoms with van der Waals surface area (Å²) in [5.74, 6) is 0.788. The van der Waals surface area contributed by atoms with Crippen molar-refractivity contribution < 1.29 is 4.79 Å². The van der Waals surface area contributed by atoms with Crippen LogP contribution in [0.2, 0.25) is 0 Å². The summed E-state index contributed by atoms with van der Waals surface area (Å²) >= 11 is 1.47. The van der Waals surface area contributed by atoms with Gasteiger partial charge in [0.25, 0.3) is 5.91 Å². The number of amides is 1. The lowest BCUT2D eigenvalue weighted by atomic mass is 10.2. The van der Waals surface area contributed by atoms with E-state index in [1.165, 1.54) is 11.3 Å². The van der Waals surface area contributed by atoms with Gasteiger partial charge in [-0.15, -0.1) is 11.3 Å². The van der Waals surface area contributed by atoms with Crippen LogP contribution in [-0.2, 0) is 0 Å². The lowest BCUT2D eigenvalue weighted by Gasteiger charge is -2.34. The summed E-state index contributed by atoms with van der Waals surface area (Å²) in [6.45, 7) is 4.70. The van der Waals surface area contributed by atoms with E-state index in [0.29, 0.717) is 13.1 Å². The minimum atomic E-state index is 0.0656. The zero-order valence-corrected chi connectivity index (χ0v) is 15.3. The lowest BCUT2D eigenvalue weighted by Crippen LogP contribution is -2.49. The molecular weight excluding hydrogens is 346 g/mol. The lowest BCUT2D eigenvalue weighted by molar-refractivity contribution is 0.0750. The van der Waals surface area contributed by atoms with Gasteiger partial charge in [-0.1, -0.05) is 30.3 Å². The molecule has 1 aromatic carbocycles. The predicted molar refractivity (Wildman–Crippen MR) is 102 cm³/mol. The summed E-state index contributed by atoms with van der Waals surface area (Å²) in [6, 6.07) is 11.8. The molecule has 0 aliphatic carbocycles. The van der Waals surface area contributed by atoms with Crippen molar-refractivity contribution in [2.75, 3.05) is 31.1 Å². The highest BCUT2D eigenvalue weighted by Crippen LogP contribution is 2.29. The number of aromatic nitrogens is 3. The van der Waals surface area contributed by atoms with Crippen molar-refractivity contribution in [2.45, 2.75) is 6.92 Å². The van der Waals surface area contributed by atoms with Crippen LogP contribution in [0.5, 0.6) is 0 Å². The summed E-state index contributed by atoms with van der Waals surface area (Å²) in [5, 5.41) is 0.891. The van der Waals surface area contributed by atoms with E-state index < -0.39 is 0 Å². The fraction of sp³-hybridized carbons (Fsp3) is 0.263. The first-order valence-corrected chi connectivity index (χ1v) is 9.38. The molecule has 1 saturated heterocycles. The van der Waals surface area contributed by atoms with Crippen LogP contribution in [0.1, 0.15) is 15.4 Å². The molecule has 6 nitrogen and oxygen atoms in total. The average molecular weight is 365 g/mol. The molecule has 0 saturated carbocycles. The Kier molecular flexibility index (Phi) is 4.62. The van der Waals surface area contributed by atoms with Crippen LogP contribution in [0, 0.1) is 6.92 Å². The Hall–Kier alpha value is -2.80. The van der Waals surface area contributed by atoms with Crippen LogP contribution in [0.4, 0.5) is 5.95 Å². The van der Waals surface area contributed by atoms with E-state index in [2.05, 4.69) is 19.9 Å². The molecule has 2 aromatic heterocycles. The number of carbonyl (C=O) groups is 1.